The van der Waals surface area contributed by atoms with E-state index in [0.717, 1.165) is 11.5 Å². The number of Topliss-reactive ketones (excluding diaryl/α,β-unsaturated/α-hetero) is 1. The number of allylic oxidation sites excluding steroid dienone is 2. The topological polar surface area (TPSA) is 68.3 Å². The van der Waals surface area contributed by atoms with Crippen LogP contribution in [0.15, 0.2) is 66.0 Å². The third-order valence-corrected chi connectivity index (χ3v) is 6.97. The molecule has 2 aliphatic rings. The molecule has 0 bridgehead atoms. The van der Waals surface area contributed by atoms with Crippen LogP contribution >= 0.6 is 0 Å². The first-order valence-electron chi connectivity index (χ1n) is 11.2. The molecule has 0 fully saturated rings. The van der Waals surface area contributed by atoms with Crippen LogP contribution in [0.1, 0.15) is 42.9 Å². The molecule has 2 heterocycles. The van der Waals surface area contributed by atoms with Gasteiger partial charge in [0.1, 0.15) is 5.92 Å². The van der Waals surface area contributed by atoms with Crippen LogP contribution < -0.4 is 5.32 Å². The van der Waals surface area contributed by atoms with Crippen LogP contribution in [0.2, 0.25) is 0 Å². The Balaban J connectivity index is 1.83. The second-order valence-corrected chi connectivity index (χ2v) is 9.62. The average molecular weight is 480 g/mol. The highest BCUT2D eigenvalue weighted by Crippen LogP contribution is 2.53. The van der Waals surface area contributed by atoms with Crippen molar-refractivity contribution in [3.63, 3.8) is 0 Å². The molecule has 2 unspecified atom stereocenters. The number of aromatic nitrogens is 1. The third-order valence-electron chi connectivity index (χ3n) is 6.97. The van der Waals surface area contributed by atoms with Gasteiger partial charge in [-0.1, -0.05) is 38.1 Å². The van der Waals surface area contributed by atoms with E-state index in [9.17, 15) is 22.8 Å². The summed E-state index contributed by atoms with van der Waals surface area (Å²) in [7, 11) is 1.21. The van der Waals surface area contributed by atoms with Crippen LogP contribution in [-0.4, -0.2) is 23.8 Å². The molecular formula is C27H23F3N2O3. The molecule has 35 heavy (non-hydrogen) atoms. The van der Waals surface area contributed by atoms with Gasteiger partial charge in [0.25, 0.3) is 0 Å². The van der Waals surface area contributed by atoms with E-state index in [4.69, 9.17) is 4.74 Å². The zero-order valence-corrected chi connectivity index (χ0v) is 19.4. The van der Waals surface area contributed by atoms with Crippen molar-refractivity contribution in [2.75, 3.05) is 12.4 Å². The molecule has 0 saturated heterocycles. The molecule has 0 spiro atoms. The minimum atomic E-state index is -4.63. The second-order valence-electron chi connectivity index (χ2n) is 9.62. The number of rotatable bonds is 2. The summed E-state index contributed by atoms with van der Waals surface area (Å²) in [5.41, 5.74) is 0.870. The number of hydrogen-bond acceptors (Lipinski definition) is 5. The fourth-order valence-electron chi connectivity index (χ4n) is 5.47. The van der Waals surface area contributed by atoms with Gasteiger partial charge in [-0.2, -0.15) is 13.2 Å². The number of ketones is 1. The average Bonchev–Trinajstić information content (AvgIpc) is 2.81. The molecule has 1 N–H and O–H groups in total. The number of esters is 1. The summed E-state index contributed by atoms with van der Waals surface area (Å²) in [4.78, 5) is 31.0. The maximum Gasteiger partial charge on any atom is 0.416 e. The number of nitrogens with one attached hydrogen (secondary N) is 1. The van der Waals surface area contributed by atoms with Crippen LogP contribution in [0.25, 0.3) is 10.9 Å². The van der Waals surface area contributed by atoms with E-state index < -0.39 is 40.7 Å². The minimum absolute atomic E-state index is 0.0323. The Morgan fingerprint density at radius 2 is 1.83 bits per heavy atom. The SMILES string of the molecule is COC(=O)C1C(=O)C2=C(CC1(C)C)Nc1c(ccc3ncccc13)C2c1ccccc1C(F)(F)F. The van der Waals surface area contributed by atoms with Gasteiger partial charge in [-0.3, -0.25) is 14.6 Å². The maximum absolute atomic E-state index is 14.1. The Kier molecular flexibility index (Phi) is 5.23. The summed E-state index contributed by atoms with van der Waals surface area (Å²) < 4.78 is 47.3. The third kappa shape index (κ3) is 3.59. The Labute approximate surface area is 200 Å². The van der Waals surface area contributed by atoms with Gasteiger partial charge in [0.05, 0.1) is 23.9 Å². The smallest absolute Gasteiger partial charge is 0.416 e. The molecule has 1 aromatic heterocycles. The van der Waals surface area contributed by atoms with E-state index in [1.165, 1.54) is 25.3 Å². The van der Waals surface area contributed by atoms with Gasteiger partial charge in [0.2, 0.25) is 0 Å². The second kappa shape index (κ2) is 7.93. The predicted molar refractivity (Wildman–Crippen MR) is 125 cm³/mol. The quantitative estimate of drug-likeness (QED) is 0.368. The van der Waals surface area contributed by atoms with E-state index in [-0.39, 0.29) is 17.6 Å². The first-order chi connectivity index (χ1) is 16.5. The number of nitrogens with zero attached hydrogens (tertiary/aromatic N) is 1. The van der Waals surface area contributed by atoms with Gasteiger partial charge in [-0.05, 0) is 47.2 Å². The Morgan fingerprint density at radius 3 is 2.54 bits per heavy atom. The summed E-state index contributed by atoms with van der Waals surface area (Å²) in [6.45, 7) is 3.58. The van der Waals surface area contributed by atoms with Crippen LogP contribution in [0.5, 0.6) is 0 Å². The number of pyridine rings is 1. The number of halogens is 3. The van der Waals surface area contributed by atoms with Gasteiger partial charge in [0.15, 0.2) is 5.78 Å². The predicted octanol–water partition coefficient (Wildman–Crippen LogP) is 5.85. The molecule has 1 aliphatic carbocycles. The van der Waals surface area contributed by atoms with Gasteiger partial charge in [0, 0.05) is 28.8 Å². The fourth-order valence-corrected chi connectivity index (χ4v) is 5.47. The van der Waals surface area contributed by atoms with Gasteiger partial charge >= 0.3 is 12.1 Å². The van der Waals surface area contributed by atoms with Gasteiger partial charge < -0.3 is 10.1 Å². The van der Waals surface area contributed by atoms with E-state index >= 15 is 0 Å². The first-order valence-corrected chi connectivity index (χ1v) is 11.2. The van der Waals surface area contributed by atoms with Crippen LogP contribution in [0, 0.1) is 11.3 Å². The number of carbonyl (C=O) groups excluding carboxylic acids is 2. The summed E-state index contributed by atoms with van der Waals surface area (Å²) in [5.74, 6) is -3.35. The van der Waals surface area contributed by atoms with Crippen molar-refractivity contribution in [1.29, 1.82) is 0 Å². The number of alkyl halides is 3. The van der Waals surface area contributed by atoms with Crippen molar-refractivity contribution < 1.29 is 27.5 Å². The summed E-state index contributed by atoms with van der Waals surface area (Å²) in [5, 5.41) is 4.09. The number of benzene rings is 2. The monoisotopic (exact) mass is 480 g/mol. The Hall–Kier alpha value is -3.68. The van der Waals surface area contributed by atoms with Crippen LogP contribution in [0.4, 0.5) is 18.9 Å². The first kappa shape index (κ1) is 23.1. The van der Waals surface area contributed by atoms with E-state index in [1.54, 1.807) is 38.2 Å². The van der Waals surface area contributed by atoms with E-state index in [1.807, 2.05) is 6.07 Å². The number of anilines is 1. The van der Waals surface area contributed by atoms with Crippen molar-refractivity contribution in [2.24, 2.45) is 11.3 Å². The Bertz CT molecular complexity index is 1410. The molecule has 5 nitrogen and oxygen atoms in total. The van der Waals surface area contributed by atoms with Crippen LogP contribution in [0.3, 0.4) is 0 Å². The summed E-state index contributed by atoms with van der Waals surface area (Å²) >= 11 is 0. The van der Waals surface area contributed by atoms with Gasteiger partial charge in [-0.25, -0.2) is 0 Å². The number of methoxy groups -OCH3 is 1. The minimum Gasteiger partial charge on any atom is -0.468 e. The molecule has 3 aromatic rings. The zero-order chi connectivity index (χ0) is 25.1. The summed E-state index contributed by atoms with van der Waals surface area (Å²) in [6, 6.07) is 12.3. The Morgan fingerprint density at radius 1 is 1.09 bits per heavy atom. The standard InChI is InChI=1S/C27H23F3N2O3/c1-26(2)13-19-21(24(33)22(26)25(34)35-3)20(14-7-4-5-9-17(14)27(28,29)30)16-10-11-18-15(23(16)32-19)8-6-12-31-18/h4-12,20,22,32H,13H2,1-3H3. The van der Waals surface area contributed by atoms with E-state index in [2.05, 4.69) is 10.3 Å². The van der Waals surface area contributed by atoms with Crippen molar-refractivity contribution in [3.05, 3.63) is 82.7 Å². The molecule has 0 amide bonds. The largest absolute Gasteiger partial charge is 0.468 e. The van der Waals surface area contributed by atoms with E-state index in [0.29, 0.717) is 22.5 Å². The molecular weight excluding hydrogens is 457 g/mol. The number of fused-ring (bicyclic) bond motifs is 3. The molecule has 5 rings (SSSR count). The molecule has 2 aromatic carbocycles. The van der Waals surface area contributed by atoms with Crippen molar-refractivity contribution in [2.45, 2.75) is 32.4 Å². The lowest BCUT2D eigenvalue weighted by Crippen LogP contribution is -2.46. The highest BCUT2D eigenvalue weighted by molar-refractivity contribution is 6.13. The fraction of sp³-hybridized carbons (Fsp3) is 0.296. The normalized spacial score (nSPS) is 21.3. The lowest BCUT2D eigenvalue weighted by atomic mass is 9.62. The number of carbonyl (C=O) groups is 2. The molecule has 180 valence electrons. The molecule has 0 saturated carbocycles. The van der Waals surface area contributed by atoms with Crippen LogP contribution in [-0.2, 0) is 20.5 Å². The zero-order valence-electron chi connectivity index (χ0n) is 19.4. The number of hydrogen-bond donors (Lipinski definition) is 1. The highest BCUT2D eigenvalue weighted by Gasteiger charge is 2.52. The molecule has 2 atom stereocenters. The van der Waals surface area contributed by atoms with Crippen molar-refractivity contribution >= 4 is 28.3 Å². The van der Waals surface area contributed by atoms with Crippen molar-refractivity contribution in [1.82, 2.24) is 4.98 Å². The molecule has 8 heteroatoms. The highest BCUT2D eigenvalue weighted by atomic mass is 19.4. The lowest BCUT2D eigenvalue weighted by Gasteiger charge is -2.43. The summed E-state index contributed by atoms with van der Waals surface area (Å²) in [6.07, 6.45) is -2.69. The number of ether oxygens (including phenoxy) is 1. The van der Waals surface area contributed by atoms with Gasteiger partial charge in [-0.15, -0.1) is 0 Å². The molecule has 1 aliphatic heterocycles. The maximum atomic E-state index is 14.1. The van der Waals surface area contributed by atoms with Crippen molar-refractivity contribution in [3.8, 4) is 0 Å². The molecule has 0 radical (unpaired) electrons. The lowest BCUT2D eigenvalue weighted by molar-refractivity contribution is -0.154.